The zero-order chi connectivity index (χ0) is 14.9. The molecule has 0 radical (unpaired) electrons. The van der Waals surface area contributed by atoms with Crippen molar-refractivity contribution in [2.24, 2.45) is 5.92 Å². The highest BCUT2D eigenvalue weighted by Gasteiger charge is 2.27. The van der Waals surface area contributed by atoms with E-state index in [1.807, 2.05) is 0 Å². The maximum absolute atomic E-state index is 13.7. The molecule has 0 saturated heterocycles. The highest BCUT2D eigenvalue weighted by Crippen LogP contribution is 2.28. The molecular formula is C15H20F2N2O. The third kappa shape index (κ3) is 2.92. The molecule has 2 N–H and O–H groups in total. The molecule has 1 aromatic rings. The van der Waals surface area contributed by atoms with E-state index < -0.39 is 17.5 Å². The quantitative estimate of drug-likeness (QED) is 0.847. The molecule has 1 aromatic carbocycles. The molecule has 0 spiro atoms. The summed E-state index contributed by atoms with van der Waals surface area (Å²) in [5.74, 6) is -1.47. The Bertz CT molecular complexity index is 511. The number of halogens is 2. The molecule has 1 amide bonds. The van der Waals surface area contributed by atoms with E-state index in [4.69, 9.17) is 5.73 Å². The maximum atomic E-state index is 13.7. The fourth-order valence-electron chi connectivity index (χ4n) is 2.72. The van der Waals surface area contributed by atoms with Crippen LogP contribution < -0.4 is 5.73 Å². The average molecular weight is 282 g/mol. The van der Waals surface area contributed by atoms with Crippen molar-refractivity contribution in [1.29, 1.82) is 0 Å². The van der Waals surface area contributed by atoms with Gasteiger partial charge in [0.2, 0.25) is 0 Å². The van der Waals surface area contributed by atoms with Crippen LogP contribution in [-0.2, 0) is 0 Å². The van der Waals surface area contributed by atoms with Gasteiger partial charge in [0, 0.05) is 19.2 Å². The van der Waals surface area contributed by atoms with Crippen molar-refractivity contribution in [2.45, 2.75) is 38.6 Å². The van der Waals surface area contributed by atoms with E-state index in [1.165, 1.54) is 0 Å². The maximum Gasteiger partial charge on any atom is 0.256 e. The number of anilines is 1. The molecule has 5 heteroatoms. The zero-order valence-corrected chi connectivity index (χ0v) is 11.8. The molecule has 0 aromatic heterocycles. The number of hydrogen-bond acceptors (Lipinski definition) is 2. The van der Waals surface area contributed by atoms with Crippen molar-refractivity contribution in [2.75, 3.05) is 12.8 Å². The first kappa shape index (κ1) is 14.8. The van der Waals surface area contributed by atoms with Crippen LogP contribution in [0.25, 0.3) is 0 Å². The van der Waals surface area contributed by atoms with E-state index in [0.717, 1.165) is 31.7 Å². The van der Waals surface area contributed by atoms with Crippen LogP contribution in [0.5, 0.6) is 0 Å². The molecule has 2 rings (SSSR count). The Kier molecular flexibility index (Phi) is 4.26. The van der Waals surface area contributed by atoms with Gasteiger partial charge in [0.1, 0.15) is 11.6 Å². The Morgan fingerprint density at radius 3 is 2.40 bits per heavy atom. The van der Waals surface area contributed by atoms with Gasteiger partial charge in [-0.25, -0.2) is 8.78 Å². The molecule has 1 aliphatic carbocycles. The number of rotatable bonds is 2. The molecule has 1 fully saturated rings. The topological polar surface area (TPSA) is 46.3 Å². The van der Waals surface area contributed by atoms with Gasteiger partial charge >= 0.3 is 0 Å². The largest absolute Gasteiger partial charge is 0.396 e. The van der Waals surface area contributed by atoms with Gasteiger partial charge < -0.3 is 10.6 Å². The summed E-state index contributed by atoms with van der Waals surface area (Å²) in [5.41, 5.74) is 5.04. The summed E-state index contributed by atoms with van der Waals surface area (Å²) >= 11 is 0. The lowest BCUT2D eigenvalue weighted by Crippen LogP contribution is -2.39. The fourth-order valence-corrected chi connectivity index (χ4v) is 2.72. The van der Waals surface area contributed by atoms with Gasteiger partial charge in [0.25, 0.3) is 5.91 Å². The second kappa shape index (κ2) is 5.77. The van der Waals surface area contributed by atoms with Gasteiger partial charge in [0.05, 0.1) is 11.3 Å². The number of carbonyl (C=O) groups excluding carboxylic acids is 1. The van der Waals surface area contributed by atoms with E-state index in [2.05, 4.69) is 6.92 Å². The minimum atomic E-state index is -0.863. The Labute approximate surface area is 117 Å². The monoisotopic (exact) mass is 282 g/mol. The molecule has 0 aliphatic heterocycles. The van der Waals surface area contributed by atoms with E-state index in [-0.39, 0.29) is 17.3 Å². The number of nitrogens with two attached hydrogens (primary N) is 1. The lowest BCUT2D eigenvalue weighted by molar-refractivity contribution is 0.0675. The SMILES string of the molecule is CC1CCC(N(C)C(=O)c2cc(N)c(F)cc2F)CC1. The lowest BCUT2D eigenvalue weighted by atomic mass is 9.86. The normalized spacial score (nSPS) is 22.6. The van der Waals surface area contributed by atoms with Crippen LogP contribution in [0.1, 0.15) is 43.0 Å². The Balaban J connectivity index is 2.16. The van der Waals surface area contributed by atoms with Crippen molar-refractivity contribution in [3.05, 3.63) is 29.3 Å². The van der Waals surface area contributed by atoms with Gasteiger partial charge in [-0.1, -0.05) is 6.92 Å². The van der Waals surface area contributed by atoms with E-state index in [1.54, 1.807) is 11.9 Å². The van der Waals surface area contributed by atoms with E-state index in [0.29, 0.717) is 12.0 Å². The van der Waals surface area contributed by atoms with Crippen LogP contribution in [0.15, 0.2) is 12.1 Å². The first-order valence-electron chi connectivity index (χ1n) is 6.91. The summed E-state index contributed by atoms with van der Waals surface area (Å²) in [6.45, 7) is 2.19. The van der Waals surface area contributed by atoms with E-state index in [9.17, 15) is 13.6 Å². The Morgan fingerprint density at radius 1 is 1.20 bits per heavy atom. The third-order valence-corrected chi connectivity index (χ3v) is 4.17. The van der Waals surface area contributed by atoms with Gasteiger partial charge in [0.15, 0.2) is 0 Å². The number of nitrogen functional groups attached to an aromatic ring is 1. The Morgan fingerprint density at radius 2 is 1.80 bits per heavy atom. The first-order chi connectivity index (χ1) is 9.40. The van der Waals surface area contributed by atoms with Crippen molar-refractivity contribution in [3.63, 3.8) is 0 Å². The Hall–Kier alpha value is -1.65. The molecule has 1 aliphatic rings. The number of carbonyl (C=O) groups is 1. The minimum absolute atomic E-state index is 0.115. The molecule has 20 heavy (non-hydrogen) atoms. The summed E-state index contributed by atoms with van der Waals surface area (Å²) in [6.07, 6.45) is 3.97. The predicted molar refractivity (Wildman–Crippen MR) is 74.3 cm³/mol. The number of benzene rings is 1. The summed E-state index contributed by atoms with van der Waals surface area (Å²) in [7, 11) is 1.67. The minimum Gasteiger partial charge on any atom is -0.396 e. The molecule has 110 valence electrons. The molecular weight excluding hydrogens is 262 g/mol. The van der Waals surface area contributed by atoms with Crippen LogP contribution in [-0.4, -0.2) is 23.9 Å². The van der Waals surface area contributed by atoms with Crippen molar-refractivity contribution >= 4 is 11.6 Å². The number of amides is 1. The summed E-state index contributed by atoms with van der Waals surface area (Å²) in [6, 6.07) is 1.86. The summed E-state index contributed by atoms with van der Waals surface area (Å²) in [5, 5.41) is 0. The average Bonchev–Trinajstić information content (AvgIpc) is 2.42. The van der Waals surface area contributed by atoms with Crippen molar-refractivity contribution in [3.8, 4) is 0 Å². The van der Waals surface area contributed by atoms with Crippen LogP contribution in [0, 0.1) is 17.6 Å². The zero-order valence-electron chi connectivity index (χ0n) is 11.8. The van der Waals surface area contributed by atoms with Crippen LogP contribution in [0.3, 0.4) is 0 Å². The van der Waals surface area contributed by atoms with Gasteiger partial charge in [-0.2, -0.15) is 0 Å². The van der Waals surface area contributed by atoms with Crippen molar-refractivity contribution < 1.29 is 13.6 Å². The number of hydrogen-bond donors (Lipinski definition) is 1. The molecule has 1 saturated carbocycles. The van der Waals surface area contributed by atoms with Crippen LogP contribution >= 0.6 is 0 Å². The molecule has 0 atom stereocenters. The summed E-state index contributed by atoms with van der Waals surface area (Å²) in [4.78, 5) is 13.9. The standard InChI is InChI=1S/C15H20F2N2O/c1-9-3-5-10(6-4-9)19(2)15(20)11-7-14(18)13(17)8-12(11)16/h7-10H,3-6,18H2,1-2H3. The first-order valence-corrected chi connectivity index (χ1v) is 6.91. The third-order valence-electron chi connectivity index (χ3n) is 4.17. The smallest absolute Gasteiger partial charge is 0.256 e. The van der Waals surface area contributed by atoms with E-state index >= 15 is 0 Å². The highest BCUT2D eigenvalue weighted by molar-refractivity contribution is 5.95. The second-order valence-corrected chi connectivity index (χ2v) is 5.68. The van der Waals surface area contributed by atoms with Gasteiger partial charge in [-0.05, 0) is 37.7 Å². The summed E-state index contributed by atoms with van der Waals surface area (Å²) < 4.78 is 26.9. The second-order valence-electron chi connectivity index (χ2n) is 5.68. The number of nitrogens with zero attached hydrogens (tertiary/aromatic N) is 1. The van der Waals surface area contributed by atoms with Crippen LogP contribution in [0.4, 0.5) is 14.5 Å². The molecule has 0 bridgehead atoms. The predicted octanol–water partition coefficient (Wildman–Crippen LogP) is 3.20. The highest BCUT2D eigenvalue weighted by atomic mass is 19.1. The van der Waals surface area contributed by atoms with Gasteiger partial charge in [-0.15, -0.1) is 0 Å². The fraction of sp³-hybridized carbons (Fsp3) is 0.533. The lowest BCUT2D eigenvalue weighted by Gasteiger charge is -2.33. The van der Waals surface area contributed by atoms with Crippen LogP contribution in [0.2, 0.25) is 0 Å². The molecule has 0 unspecified atom stereocenters. The molecule has 0 heterocycles. The van der Waals surface area contributed by atoms with Crippen molar-refractivity contribution in [1.82, 2.24) is 4.90 Å². The molecule has 3 nitrogen and oxygen atoms in total. The van der Waals surface area contributed by atoms with Gasteiger partial charge in [-0.3, -0.25) is 4.79 Å².